The summed E-state index contributed by atoms with van der Waals surface area (Å²) in [6.07, 6.45) is 0.201. The third kappa shape index (κ3) is 2.47. The maximum Gasteiger partial charge on any atom is 0.350 e. The lowest BCUT2D eigenvalue weighted by molar-refractivity contribution is 0.423. The molecule has 0 aliphatic carbocycles. The highest BCUT2D eigenvalue weighted by atomic mass is 16.1. The van der Waals surface area contributed by atoms with Crippen molar-refractivity contribution in [1.82, 2.24) is 24.4 Å². The molecule has 8 nitrogen and oxygen atoms in total. The van der Waals surface area contributed by atoms with Gasteiger partial charge in [0, 0.05) is 39.3 Å². The molecule has 1 saturated heterocycles. The Balaban J connectivity index is 2.25. The summed E-state index contributed by atoms with van der Waals surface area (Å²) in [6.45, 7) is 5.80. The largest absolute Gasteiger partial charge is 0.350 e. The van der Waals surface area contributed by atoms with Crippen molar-refractivity contribution < 1.29 is 0 Å². The van der Waals surface area contributed by atoms with Crippen LogP contribution in [0, 0.1) is 11.3 Å². The summed E-state index contributed by atoms with van der Waals surface area (Å²) in [4.78, 5) is 23.3. The molecular formula is C15H21N7O. The molecule has 0 amide bonds. The predicted molar refractivity (Wildman–Crippen MR) is 87.3 cm³/mol. The van der Waals surface area contributed by atoms with Gasteiger partial charge in [-0.15, -0.1) is 0 Å². The van der Waals surface area contributed by atoms with Crippen LogP contribution in [0.25, 0.3) is 11.2 Å². The van der Waals surface area contributed by atoms with Crippen LogP contribution in [-0.4, -0.2) is 44.3 Å². The number of piperazine rings is 1. The molecule has 0 radical (unpaired) electrons. The number of hydrogen-bond donors (Lipinski definition) is 1. The molecule has 1 aliphatic rings. The maximum absolute atomic E-state index is 12.3. The van der Waals surface area contributed by atoms with E-state index in [0.29, 0.717) is 28.8 Å². The summed E-state index contributed by atoms with van der Waals surface area (Å²) in [7, 11) is 3.51. The van der Waals surface area contributed by atoms with E-state index in [-0.39, 0.29) is 18.2 Å². The van der Waals surface area contributed by atoms with Crippen molar-refractivity contribution in [2.45, 2.75) is 32.4 Å². The van der Waals surface area contributed by atoms with Gasteiger partial charge in [-0.1, -0.05) is 0 Å². The molecule has 23 heavy (non-hydrogen) atoms. The smallest absolute Gasteiger partial charge is 0.349 e. The van der Waals surface area contributed by atoms with Crippen LogP contribution in [0.5, 0.6) is 0 Å². The summed E-state index contributed by atoms with van der Waals surface area (Å²) < 4.78 is 3.30. The highest BCUT2D eigenvalue weighted by Gasteiger charge is 2.28. The first-order valence-corrected chi connectivity index (χ1v) is 7.73. The molecule has 0 aromatic carbocycles. The Labute approximate surface area is 134 Å². The minimum atomic E-state index is -0.308. The van der Waals surface area contributed by atoms with Gasteiger partial charge >= 0.3 is 5.69 Å². The van der Waals surface area contributed by atoms with E-state index in [1.807, 2.05) is 7.05 Å². The lowest BCUT2D eigenvalue weighted by atomic mass is 10.1. The molecule has 2 atom stereocenters. The Hall–Kier alpha value is -2.40. The molecule has 2 aromatic rings. The Morgan fingerprint density at radius 2 is 2.04 bits per heavy atom. The molecule has 1 aliphatic heterocycles. The maximum atomic E-state index is 12.3. The van der Waals surface area contributed by atoms with Gasteiger partial charge in [0.25, 0.3) is 0 Å². The Morgan fingerprint density at radius 1 is 1.30 bits per heavy atom. The first kappa shape index (κ1) is 15.5. The van der Waals surface area contributed by atoms with E-state index in [1.54, 1.807) is 11.6 Å². The van der Waals surface area contributed by atoms with Crippen molar-refractivity contribution in [3.63, 3.8) is 0 Å². The SMILES string of the molecule is C[C@@H]1CN(c2nc(=O)n(C)c3c2nc(CC#N)n3C)[C@@H](C)CN1. The van der Waals surface area contributed by atoms with Crippen LogP contribution in [0.15, 0.2) is 4.79 Å². The molecule has 0 spiro atoms. The van der Waals surface area contributed by atoms with Crippen molar-refractivity contribution in [3.8, 4) is 6.07 Å². The van der Waals surface area contributed by atoms with Gasteiger partial charge < -0.3 is 14.8 Å². The summed E-state index contributed by atoms with van der Waals surface area (Å²) in [5.41, 5.74) is 1.07. The van der Waals surface area contributed by atoms with Gasteiger partial charge in [-0.2, -0.15) is 10.2 Å². The quantitative estimate of drug-likeness (QED) is 0.833. The average Bonchev–Trinajstić information content (AvgIpc) is 2.83. The number of nitriles is 1. The number of nitrogens with one attached hydrogen (secondary N) is 1. The fraction of sp³-hybridized carbons (Fsp3) is 0.600. The van der Waals surface area contributed by atoms with Gasteiger partial charge in [0.15, 0.2) is 5.82 Å². The van der Waals surface area contributed by atoms with Gasteiger partial charge in [-0.05, 0) is 13.8 Å². The molecule has 8 heteroatoms. The van der Waals surface area contributed by atoms with E-state index >= 15 is 0 Å². The highest BCUT2D eigenvalue weighted by molar-refractivity contribution is 5.84. The van der Waals surface area contributed by atoms with Crippen LogP contribution in [0.3, 0.4) is 0 Å². The molecular weight excluding hydrogens is 294 g/mol. The van der Waals surface area contributed by atoms with Gasteiger partial charge in [0.05, 0.1) is 12.5 Å². The molecule has 0 unspecified atom stereocenters. The number of anilines is 1. The minimum Gasteiger partial charge on any atom is -0.349 e. The summed E-state index contributed by atoms with van der Waals surface area (Å²) in [6, 6.07) is 2.65. The zero-order chi connectivity index (χ0) is 16.7. The summed E-state index contributed by atoms with van der Waals surface area (Å²) in [5.74, 6) is 1.26. The minimum absolute atomic E-state index is 0.201. The fourth-order valence-corrected chi connectivity index (χ4v) is 3.12. The highest BCUT2D eigenvalue weighted by Crippen LogP contribution is 2.25. The number of hydrogen-bond acceptors (Lipinski definition) is 6. The fourth-order valence-electron chi connectivity index (χ4n) is 3.12. The first-order valence-electron chi connectivity index (χ1n) is 7.73. The van der Waals surface area contributed by atoms with Gasteiger partial charge in [0.1, 0.15) is 17.0 Å². The molecule has 3 rings (SSSR count). The topological polar surface area (TPSA) is 91.8 Å². The standard InChI is InChI=1S/C15H21N7O/c1-9-8-22(10(2)7-17-9)13-12-14(21(4)15(23)19-13)20(3)11(18-12)5-6-16/h9-10,17H,5,7-8H2,1-4H3/t9-,10+/m1/s1. The number of imidazole rings is 1. The van der Waals surface area contributed by atoms with E-state index in [9.17, 15) is 4.79 Å². The molecule has 2 aromatic heterocycles. The molecule has 1 N–H and O–H groups in total. The summed E-state index contributed by atoms with van der Waals surface area (Å²) in [5, 5.41) is 12.4. The third-order valence-electron chi connectivity index (χ3n) is 4.45. The second kappa shape index (κ2) is 5.66. The second-order valence-electron chi connectivity index (χ2n) is 6.18. The number of aryl methyl sites for hydroxylation is 2. The zero-order valence-electron chi connectivity index (χ0n) is 13.9. The van der Waals surface area contributed by atoms with Crippen LogP contribution in [0.4, 0.5) is 5.82 Å². The van der Waals surface area contributed by atoms with Gasteiger partial charge in [-0.3, -0.25) is 4.57 Å². The second-order valence-corrected chi connectivity index (χ2v) is 6.18. The van der Waals surface area contributed by atoms with Crippen molar-refractivity contribution in [2.24, 2.45) is 14.1 Å². The number of nitrogens with zero attached hydrogens (tertiary/aromatic N) is 6. The Morgan fingerprint density at radius 3 is 2.74 bits per heavy atom. The Kier molecular flexibility index (Phi) is 3.82. The van der Waals surface area contributed by atoms with Crippen molar-refractivity contribution in [3.05, 3.63) is 16.3 Å². The average molecular weight is 315 g/mol. The van der Waals surface area contributed by atoms with E-state index in [1.165, 1.54) is 4.57 Å². The lowest BCUT2D eigenvalue weighted by Gasteiger charge is -2.38. The van der Waals surface area contributed by atoms with Gasteiger partial charge in [-0.25, -0.2) is 9.78 Å². The van der Waals surface area contributed by atoms with Crippen LogP contribution in [0.1, 0.15) is 19.7 Å². The normalized spacial score (nSPS) is 21.6. The van der Waals surface area contributed by atoms with E-state index in [4.69, 9.17) is 5.26 Å². The molecule has 1 fully saturated rings. The van der Waals surface area contributed by atoms with Crippen LogP contribution in [0.2, 0.25) is 0 Å². The van der Waals surface area contributed by atoms with Crippen molar-refractivity contribution >= 4 is 17.0 Å². The number of fused-ring (bicyclic) bond motifs is 1. The molecule has 3 heterocycles. The zero-order valence-corrected chi connectivity index (χ0v) is 13.9. The molecule has 0 bridgehead atoms. The predicted octanol–water partition coefficient (Wildman–Crippen LogP) is -0.0803. The number of rotatable bonds is 2. The lowest BCUT2D eigenvalue weighted by Crippen LogP contribution is -2.55. The van der Waals surface area contributed by atoms with Crippen molar-refractivity contribution in [1.29, 1.82) is 5.26 Å². The van der Waals surface area contributed by atoms with E-state index < -0.39 is 0 Å². The van der Waals surface area contributed by atoms with Gasteiger partial charge in [0.2, 0.25) is 0 Å². The van der Waals surface area contributed by atoms with Crippen LogP contribution >= 0.6 is 0 Å². The van der Waals surface area contributed by atoms with Crippen LogP contribution < -0.4 is 15.9 Å². The molecule has 122 valence electrons. The number of aromatic nitrogens is 4. The van der Waals surface area contributed by atoms with E-state index in [0.717, 1.165) is 13.1 Å². The Bertz CT molecular complexity index is 844. The van der Waals surface area contributed by atoms with E-state index in [2.05, 4.69) is 40.1 Å². The third-order valence-corrected chi connectivity index (χ3v) is 4.45. The monoisotopic (exact) mass is 315 g/mol. The molecule has 0 saturated carbocycles. The summed E-state index contributed by atoms with van der Waals surface area (Å²) >= 11 is 0. The van der Waals surface area contributed by atoms with Crippen LogP contribution in [-0.2, 0) is 20.5 Å². The first-order chi connectivity index (χ1) is 10.9. The van der Waals surface area contributed by atoms with Crippen molar-refractivity contribution in [2.75, 3.05) is 18.0 Å².